The molecule has 0 bridgehead atoms. The second-order valence-electron chi connectivity index (χ2n) is 5.35. The molecule has 1 unspecified atom stereocenters. The Labute approximate surface area is 142 Å². The van der Waals surface area contributed by atoms with Crippen LogP contribution in [0.1, 0.15) is 34.5 Å². The number of carbonyl (C=O) groups is 1. The highest BCUT2D eigenvalue weighted by Gasteiger charge is 2.17. The SMILES string of the molecule is C=CCc1cc(C(=O)NC(C)c2cccnc2)cc(OC)c1OC. The maximum atomic E-state index is 12.6. The summed E-state index contributed by atoms with van der Waals surface area (Å²) in [4.78, 5) is 16.7. The number of hydrogen-bond donors (Lipinski definition) is 1. The Bertz CT molecular complexity index is 714. The summed E-state index contributed by atoms with van der Waals surface area (Å²) in [5, 5.41) is 2.97. The van der Waals surface area contributed by atoms with E-state index in [1.807, 2.05) is 19.1 Å². The number of methoxy groups -OCH3 is 2. The number of allylic oxidation sites excluding steroid dienone is 1. The third kappa shape index (κ3) is 3.93. The van der Waals surface area contributed by atoms with Crippen molar-refractivity contribution in [3.8, 4) is 11.5 Å². The van der Waals surface area contributed by atoms with E-state index in [0.717, 1.165) is 11.1 Å². The van der Waals surface area contributed by atoms with Gasteiger partial charge in [-0.15, -0.1) is 6.58 Å². The quantitative estimate of drug-likeness (QED) is 0.793. The molecule has 0 fully saturated rings. The summed E-state index contributed by atoms with van der Waals surface area (Å²) >= 11 is 0. The number of carbonyl (C=O) groups excluding carboxylic acids is 1. The van der Waals surface area contributed by atoms with E-state index < -0.39 is 0 Å². The molecule has 5 heteroatoms. The first-order chi connectivity index (χ1) is 11.6. The lowest BCUT2D eigenvalue weighted by atomic mass is 10.0. The molecule has 1 atom stereocenters. The Morgan fingerprint density at radius 1 is 1.38 bits per heavy atom. The van der Waals surface area contributed by atoms with Crippen molar-refractivity contribution in [1.29, 1.82) is 0 Å². The zero-order chi connectivity index (χ0) is 17.5. The minimum Gasteiger partial charge on any atom is -0.493 e. The molecule has 1 aromatic carbocycles. The maximum Gasteiger partial charge on any atom is 0.251 e. The van der Waals surface area contributed by atoms with Crippen molar-refractivity contribution >= 4 is 5.91 Å². The predicted octanol–water partition coefficient (Wildman–Crippen LogP) is 3.32. The molecule has 126 valence electrons. The minimum absolute atomic E-state index is 0.151. The summed E-state index contributed by atoms with van der Waals surface area (Å²) in [6.45, 7) is 5.66. The second kappa shape index (κ2) is 8.15. The van der Waals surface area contributed by atoms with E-state index in [0.29, 0.717) is 23.5 Å². The van der Waals surface area contributed by atoms with Gasteiger partial charge in [0.25, 0.3) is 5.91 Å². The van der Waals surface area contributed by atoms with Crippen molar-refractivity contribution < 1.29 is 14.3 Å². The fraction of sp³-hybridized carbons (Fsp3) is 0.263. The van der Waals surface area contributed by atoms with Gasteiger partial charge in [-0.1, -0.05) is 12.1 Å². The van der Waals surface area contributed by atoms with Crippen LogP contribution in [0.3, 0.4) is 0 Å². The van der Waals surface area contributed by atoms with Crippen LogP contribution in [-0.2, 0) is 6.42 Å². The molecule has 2 rings (SSSR count). The Morgan fingerprint density at radius 3 is 2.75 bits per heavy atom. The van der Waals surface area contributed by atoms with E-state index in [2.05, 4.69) is 16.9 Å². The molecule has 2 aromatic rings. The van der Waals surface area contributed by atoms with Gasteiger partial charge in [0.05, 0.1) is 20.3 Å². The van der Waals surface area contributed by atoms with Crippen LogP contribution in [0.5, 0.6) is 11.5 Å². The fourth-order valence-corrected chi connectivity index (χ4v) is 2.48. The zero-order valence-electron chi connectivity index (χ0n) is 14.2. The number of aromatic nitrogens is 1. The molecule has 1 aromatic heterocycles. The number of nitrogens with zero attached hydrogens (tertiary/aromatic N) is 1. The average molecular weight is 326 g/mol. The number of pyridine rings is 1. The average Bonchev–Trinajstić information content (AvgIpc) is 2.61. The number of rotatable bonds is 7. The molecular formula is C19H22N2O3. The molecule has 1 amide bonds. The maximum absolute atomic E-state index is 12.6. The van der Waals surface area contributed by atoms with Crippen molar-refractivity contribution in [3.63, 3.8) is 0 Å². The summed E-state index contributed by atoms with van der Waals surface area (Å²) in [6.07, 6.45) is 5.78. The van der Waals surface area contributed by atoms with Crippen molar-refractivity contribution in [1.82, 2.24) is 10.3 Å². The van der Waals surface area contributed by atoms with Gasteiger partial charge in [0, 0.05) is 23.5 Å². The van der Waals surface area contributed by atoms with E-state index in [1.54, 1.807) is 44.8 Å². The number of nitrogens with one attached hydrogen (secondary N) is 1. The van der Waals surface area contributed by atoms with Crippen molar-refractivity contribution in [3.05, 3.63) is 66.0 Å². The number of ether oxygens (including phenoxy) is 2. The first kappa shape index (κ1) is 17.5. The molecule has 1 heterocycles. The summed E-state index contributed by atoms with van der Waals surface area (Å²) < 4.78 is 10.7. The van der Waals surface area contributed by atoms with E-state index in [-0.39, 0.29) is 11.9 Å². The van der Waals surface area contributed by atoms with Crippen LogP contribution in [0, 0.1) is 0 Å². The van der Waals surface area contributed by atoms with Crippen LogP contribution in [0.25, 0.3) is 0 Å². The van der Waals surface area contributed by atoms with Crippen molar-refractivity contribution in [2.24, 2.45) is 0 Å². The van der Waals surface area contributed by atoms with E-state index in [9.17, 15) is 4.79 Å². The molecule has 0 saturated carbocycles. The summed E-state index contributed by atoms with van der Waals surface area (Å²) in [6, 6.07) is 7.10. The van der Waals surface area contributed by atoms with Gasteiger partial charge in [-0.2, -0.15) is 0 Å². The van der Waals surface area contributed by atoms with Gasteiger partial charge in [0.15, 0.2) is 11.5 Å². The second-order valence-corrected chi connectivity index (χ2v) is 5.35. The molecule has 0 aliphatic carbocycles. The molecule has 0 aliphatic rings. The van der Waals surface area contributed by atoms with Gasteiger partial charge >= 0.3 is 0 Å². The first-order valence-corrected chi connectivity index (χ1v) is 7.67. The van der Waals surface area contributed by atoms with E-state index in [4.69, 9.17) is 9.47 Å². The molecule has 5 nitrogen and oxygen atoms in total. The van der Waals surface area contributed by atoms with Crippen LogP contribution in [0.15, 0.2) is 49.3 Å². The standard InChI is InChI=1S/C19H22N2O3/c1-5-7-14-10-16(11-17(23-3)18(14)24-4)19(22)21-13(2)15-8-6-9-20-12-15/h5-6,8-13H,1,7H2,2-4H3,(H,21,22). The number of amides is 1. The van der Waals surface area contributed by atoms with Crippen LogP contribution >= 0.6 is 0 Å². The largest absolute Gasteiger partial charge is 0.493 e. The molecular weight excluding hydrogens is 304 g/mol. The monoisotopic (exact) mass is 326 g/mol. The first-order valence-electron chi connectivity index (χ1n) is 7.67. The van der Waals surface area contributed by atoms with Crippen LogP contribution < -0.4 is 14.8 Å². The van der Waals surface area contributed by atoms with Gasteiger partial charge in [-0.3, -0.25) is 9.78 Å². The molecule has 0 radical (unpaired) electrons. The highest BCUT2D eigenvalue weighted by Crippen LogP contribution is 2.33. The number of hydrogen-bond acceptors (Lipinski definition) is 4. The summed E-state index contributed by atoms with van der Waals surface area (Å²) in [5.41, 5.74) is 2.31. The van der Waals surface area contributed by atoms with Crippen LogP contribution in [0.4, 0.5) is 0 Å². The summed E-state index contributed by atoms with van der Waals surface area (Å²) in [7, 11) is 3.13. The highest BCUT2D eigenvalue weighted by atomic mass is 16.5. The smallest absolute Gasteiger partial charge is 0.251 e. The molecule has 24 heavy (non-hydrogen) atoms. The Balaban J connectivity index is 2.28. The van der Waals surface area contributed by atoms with Crippen molar-refractivity contribution in [2.75, 3.05) is 14.2 Å². The Hall–Kier alpha value is -2.82. The van der Waals surface area contributed by atoms with Gasteiger partial charge in [0.2, 0.25) is 0 Å². The fourth-order valence-electron chi connectivity index (χ4n) is 2.48. The predicted molar refractivity (Wildman–Crippen MR) is 93.6 cm³/mol. The van der Waals surface area contributed by atoms with Gasteiger partial charge in [-0.25, -0.2) is 0 Å². The Morgan fingerprint density at radius 2 is 2.17 bits per heavy atom. The lowest BCUT2D eigenvalue weighted by Crippen LogP contribution is -2.26. The lowest BCUT2D eigenvalue weighted by Gasteiger charge is -2.17. The van der Waals surface area contributed by atoms with E-state index in [1.165, 1.54) is 0 Å². The van der Waals surface area contributed by atoms with Gasteiger partial charge in [0.1, 0.15) is 0 Å². The van der Waals surface area contributed by atoms with Gasteiger partial charge < -0.3 is 14.8 Å². The molecule has 0 spiro atoms. The van der Waals surface area contributed by atoms with E-state index >= 15 is 0 Å². The van der Waals surface area contributed by atoms with Crippen molar-refractivity contribution in [2.45, 2.75) is 19.4 Å². The molecule has 0 saturated heterocycles. The number of benzene rings is 1. The zero-order valence-corrected chi connectivity index (χ0v) is 14.2. The third-order valence-corrected chi connectivity index (χ3v) is 3.71. The minimum atomic E-state index is -0.183. The third-order valence-electron chi connectivity index (χ3n) is 3.71. The van der Waals surface area contributed by atoms with Crippen LogP contribution in [-0.4, -0.2) is 25.1 Å². The van der Waals surface area contributed by atoms with Gasteiger partial charge in [-0.05, 0) is 37.1 Å². The normalized spacial score (nSPS) is 11.5. The molecule has 1 N–H and O–H groups in total. The van der Waals surface area contributed by atoms with Crippen LogP contribution in [0.2, 0.25) is 0 Å². The Kier molecular flexibility index (Phi) is 5.95. The highest BCUT2D eigenvalue weighted by molar-refractivity contribution is 5.95. The lowest BCUT2D eigenvalue weighted by molar-refractivity contribution is 0.0939. The molecule has 0 aliphatic heterocycles. The summed E-state index contributed by atoms with van der Waals surface area (Å²) in [5.74, 6) is 0.961. The topological polar surface area (TPSA) is 60.5 Å².